The maximum atomic E-state index is 15.6. The van der Waals surface area contributed by atoms with Gasteiger partial charge in [0.05, 0.1) is 5.54 Å². The first kappa shape index (κ1) is 25.5. The van der Waals surface area contributed by atoms with Crippen LogP contribution in [0.1, 0.15) is 62.3 Å². The van der Waals surface area contributed by atoms with Gasteiger partial charge in [0.25, 0.3) is 0 Å². The van der Waals surface area contributed by atoms with E-state index >= 15 is 4.39 Å². The predicted octanol–water partition coefficient (Wildman–Crippen LogP) is 4.81. The Hall–Kier alpha value is -3.13. The minimum absolute atomic E-state index is 0.0261. The molecule has 3 atom stereocenters. The van der Waals surface area contributed by atoms with E-state index in [-0.39, 0.29) is 30.6 Å². The highest BCUT2D eigenvalue weighted by atomic mass is 19.1. The highest BCUT2D eigenvalue weighted by molar-refractivity contribution is 5.71. The summed E-state index contributed by atoms with van der Waals surface area (Å²) in [5.41, 5.74) is 2.07. The summed E-state index contributed by atoms with van der Waals surface area (Å²) >= 11 is 0. The third kappa shape index (κ3) is 5.30. The van der Waals surface area contributed by atoms with Crippen molar-refractivity contribution in [1.29, 1.82) is 0 Å². The van der Waals surface area contributed by atoms with Crippen LogP contribution in [-0.4, -0.2) is 47.9 Å². The number of nitrogens with one attached hydrogen (secondary N) is 2. The molecule has 0 saturated carbocycles. The van der Waals surface area contributed by atoms with E-state index in [0.29, 0.717) is 37.9 Å². The molecule has 0 spiro atoms. The molecule has 8 heteroatoms. The van der Waals surface area contributed by atoms with Gasteiger partial charge < -0.3 is 20.1 Å². The number of hydrogen-bond acceptors (Lipinski definition) is 5. The molecule has 0 radical (unpaired) electrons. The summed E-state index contributed by atoms with van der Waals surface area (Å²) in [6.07, 6.45) is 2.52. The molecule has 2 amide bonds. The van der Waals surface area contributed by atoms with E-state index in [1.165, 1.54) is 0 Å². The number of carbonyl (C=O) groups excluding carboxylic acids is 2. The lowest BCUT2D eigenvalue weighted by atomic mass is 9.81. The van der Waals surface area contributed by atoms with Crippen LogP contribution in [0, 0.1) is 5.82 Å². The third-order valence-electron chi connectivity index (χ3n) is 7.68. The molecule has 0 aromatic heterocycles. The third-order valence-corrected chi connectivity index (χ3v) is 7.68. The molecule has 2 heterocycles. The van der Waals surface area contributed by atoms with Crippen LogP contribution in [0.3, 0.4) is 0 Å². The van der Waals surface area contributed by atoms with Crippen molar-refractivity contribution >= 4 is 12.2 Å². The van der Waals surface area contributed by atoms with Crippen LogP contribution < -0.4 is 10.6 Å². The molecule has 3 aliphatic rings. The van der Waals surface area contributed by atoms with Crippen LogP contribution in [0.2, 0.25) is 0 Å². The Labute approximate surface area is 217 Å². The van der Waals surface area contributed by atoms with Crippen molar-refractivity contribution in [3.05, 3.63) is 70.5 Å². The van der Waals surface area contributed by atoms with Gasteiger partial charge in [-0.25, -0.2) is 14.0 Å². The monoisotopic (exact) mass is 509 g/mol. The van der Waals surface area contributed by atoms with Crippen molar-refractivity contribution in [2.24, 2.45) is 0 Å². The van der Waals surface area contributed by atoms with Gasteiger partial charge >= 0.3 is 12.2 Å². The fourth-order valence-corrected chi connectivity index (χ4v) is 5.98. The number of piperazine rings is 1. The van der Waals surface area contributed by atoms with Gasteiger partial charge in [-0.3, -0.25) is 4.90 Å². The van der Waals surface area contributed by atoms with E-state index in [4.69, 9.17) is 9.47 Å². The largest absolute Gasteiger partial charge is 0.445 e. The number of alkyl carbamates (subject to hydrolysis) is 1. The maximum Gasteiger partial charge on any atom is 0.411 e. The first-order valence-electron chi connectivity index (χ1n) is 13.2. The van der Waals surface area contributed by atoms with Crippen molar-refractivity contribution in [1.82, 2.24) is 15.5 Å². The molecule has 2 fully saturated rings. The standard InChI is InChI=1S/C29H36FN3O4/c1-28(2,3)37-27(35)33-23-11-12-29(33,18-31-16-23)21-13-20-9-10-22(15-24(20)25(30)14-21)32-26(34)36-17-19-7-5-4-6-8-19/h4-8,13-14,22-23,31H,9-12,15-18H2,1-3H3,(H,32,34). The minimum Gasteiger partial charge on any atom is -0.445 e. The molecular weight excluding hydrogens is 473 g/mol. The fraction of sp³-hybridized carbons (Fsp3) is 0.517. The van der Waals surface area contributed by atoms with Gasteiger partial charge in [0, 0.05) is 25.2 Å². The summed E-state index contributed by atoms with van der Waals surface area (Å²) in [6.45, 7) is 7.06. The van der Waals surface area contributed by atoms with Gasteiger partial charge in [-0.2, -0.15) is 0 Å². The highest BCUT2D eigenvalue weighted by Crippen LogP contribution is 2.46. The fourth-order valence-electron chi connectivity index (χ4n) is 5.98. The molecule has 198 valence electrons. The first-order valence-corrected chi connectivity index (χ1v) is 13.2. The molecule has 2 aliphatic heterocycles. The van der Waals surface area contributed by atoms with Gasteiger partial charge in [0.2, 0.25) is 0 Å². The number of ether oxygens (including phenoxy) is 2. The van der Waals surface area contributed by atoms with E-state index in [0.717, 1.165) is 29.5 Å². The van der Waals surface area contributed by atoms with Crippen LogP contribution in [0.25, 0.3) is 0 Å². The molecule has 7 nitrogen and oxygen atoms in total. The van der Waals surface area contributed by atoms with Crippen LogP contribution in [0.15, 0.2) is 42.5 Å². The summed E-state index contributed by atoms with van der Waals surface area (Å²) in [4.78, 5) is 27.4. The average Bonchev–Trinajstić information content (AvgIpc) is 3.09. The molecule has 2 N–H and O–H groups in total. The lowest BCUT2D eigenvalue weighted by Crippen LogP contribution is -2.61. The van der Waals surface area contributed by atoms with E-state index in [1.807, 2.05) is 56.0 Å². The lowest BCUT2D eigenvalue weighted by molar-refractivity contribution is -0.0115. The van der Waals surface area contributed by atoms with Crippen molar-refractivity contribution in [3.63, 3.8) is 0 Å². The van der Waals surface area contributed by atoms with Crippen molar-refractivity contribution in [2.45, 2.75) is 82.7 Å². The Kier molecular flexibility index (Phi) is 6.88. The summed E-state index contributed by atoms with van der Waals surface area (Å²) in [7, 11) is 0. The maximum absolute atomic E-state index is 15.6. The normalized spacial score (nSPS) is 24.8. The number of fused-ring (bicyclic) bond motifs is 3. The van der Waals surface area contributed by atoms with Crippen LogP contribution in [0.5, 0.6) is 0 Å². The predicted molar refractivity (Wildman–Crippen MR) is 138 cm³/mol. The Morgan fingerprint density at radius 1 is 1.19 bits per heavy atom. The molecule has 37 heavy (non-hydrogen) atoms. The van der Waals surface area contributed by atoms with Gasteiger partial charge in [-0.05, 0) is 81.2 Å². The number of benzene rings is 2. The van der Waals surface area contributed by atoms with E-state index in [9.17, 15) is 9.59 Å². The summed E-state index contributed by atoms with van der Waals surface area (Å²) < 4.78 is 26.7. The number of amides is 2. The zero-order chi connectivity index (χ0) is 26.2. The Morgan fingerprint density at radius 3 is 2.73 bits per heavy atom. The van der Waals surface area contributed by atoms with Gasteiger partial charge in [-0.15, -0.1) is 0 Å². The number of hydrogen-bond donors (Lipinski definition) is 2. The van der Waals surface area contributed by atoms with E-state index in [2.05, 4.69) is 16.7 Å². The number of carbonyl (C=O) groups is 2. The molecule has 2 aromatic carbocycles. The summed E-state index contributed by atoms with van der Waals surface area (Å²) in [6, 6.07) is 13.0. The number of nitrogens with zero attached hydrogens (tertiary/aromatic N) is 1. The number of aryl methyl sites for hydroxylation is 1. The molecular formula is C29H36FN3O4. The van der Waals surface area contributed by atoms with E-state index < -0.39 is 17.2 Å². The molecule has 3 unspecified atom stereocenters. The Morgan fingerprint density at radius 2 is 1.97 bits per heavy atom. The molecule has 2 saturated heterocycles. The molecule has 1 aliphatic carbocycles. The average molecular weight is 510 g/mol. The lowest BCUT2D eigenvalue weighted by Gasteiger charge is -2.46. The first-order chi connectivity index (χ1) is 17.6. The quantitative estimate of drug-likeness (QED) is 0.619. The minimum atomic E-state index is -0.628. The van der Waals surface area contributed by atoms with Gasteiger partial charge in [-0.1, -0.05) is 36.4 Å². The van der Waals surface area contributed by atoms with Crippen molar-refractivity contribution in [3.8, 4) is 0 Å². The summed E-state index contributed by atoms with van der Waals surface area (Å²) in [5, 5.41) is 6.35. The molecule has 5 rings (SSSR count). The molecule has 2 aromatic rings. The molecule has 2 bridgehead atoms. The summed E-state index contributed by atoms with van der Waals surface area (Å²) in [5.74, 6) is -0.288. The number of rotatable bonds is 4. The SMILES string of the molecule is CC(C)(C)OC(=O)N1C2CCC1(c1cc(F)c3c(c1)CCC(NC(=O)OCc1ccccc1)C3)CNC2. The van der Waals surface area contributed by atoms with Crippen molar-refractivity contribution < 1.29 is 23.5 Å². The second-order valence-electron chi connectivity index (χ2n) is 11.4. The zero-order valence-corrected chi connectivity index (χ0v) is 21.8. The van der Waals surface area contributed by atoms with Gasteiger partial charge in [0.1, 0.15) is 18.0 Å². The van der Waals surface area contributed by atoms with Crippen LogP contribution in [-0.2, 0) is 34.5 Å². The second-order valence-corrected chi connectivity index (χ2v) is 11.4. The highest BCUT2D eigenvalue weighted by Gasteiger charge is 2.54. The van der Waals surface area contributed by atoms with Gasteiger partial charge in [0.15, 0.2) is 0 Å². The van der Waals surface area contributed by atoms with Crippen molar-refractivity contribution in [2.75, 3.05) is 13.1 Å². The Bertz CT molecular complexity index is 1160. The zero-order valence-electron chi connectivity index (χ0n) is 21.8. The topological polar surface area (TPSA) is 79.9 Å². The Balaban J connectivity index is 1.31. The van der Waals surface area contributed by atoms with Crippen LogP contribution in [0.4, 0.5) is 14.0 Å². The van der Waals surface area contributed by atoms with Crippen LogP contribution >= 0.6 is 0 Å². The second kappa shape index (κ2) is 9.97. The smallest absolute Gasteiger partial charge is 0.411 e. The number of halogens is 1. The van der Waals surface area contributed by atoms with E-state index in [1.54, 1.807) is 6.07 Å².